The number of rotatable bonds is 6. The van der Waals surface area contributed by atoms with Crippen LogP contribution in [-0.4, -0.2) is 35.9 Å². The number of aryl methyl sites for hydroxylation is 2. The third kappa shape index (κ3) is 3.94. The van der Waals surface area contributed by atoms with Crippen molar-refractivity contribution in [2.24, 2.45) is 0 Å². The molecule has 4 rings (SSSR count). The molecule has 8 nitrogen and oxygen atoms in total. The number of benzene rings is 2. The van der Waals surface area contributed by atoms with Crippen LogP contribution in [0.15, 0.2) is 59.6 Å². The molecule has 0 amide bonds. The van der Waals surface area contributed by atoms with Crippen molar-refractivity contribution in [3.8, 4) is 16.9 Å². The largest absolute Gasteiger partial charge is 0.495 e. The molecule has 2 aromatic heterocycles. The van der Waals surface area contributed by atoms with E-state index in [4.69, 9.17) is 4.74 Å². The molecular formula is C23H22N4O4S. The minimum absolute atomic E-state index is 0.0329. The maximum atomic E-state index is 13.2. The lowest BCUT2D eigenvalue weighted by Crippen LogP contribution is -2.14. The highest BCUT2D eigenvalue weighted by Crippen LogP contribution is 2.33. The second-order valence-corrected chi connectivity index (χ2v) is 9.09. The van der Waals surface area contributed by atoms with Crippen molar-refractivity contribution in [1.82, 2.24) is 14.6 Å². The van der Waals surface area contributed by atoms with Gasteiger partial charge in [-0.3, -0.25) is 9.52 Å². The zero-order valence-corrected chi connectivity index (χ0v) is 18.9. The highest BCUT2D eigenvalue weighted by Gasteiger charge is 2.22. The number of nitrogens with zero attached hydrogens (tertiary/aromatic N) is 3. The predicted molar refractivity (Wildman–Crippen MR) is 122 cm³/mol. The zero-order valence-electron chi connectivity index (χ0n) is 18.1. The fourth-order valence-electron chi connectivity index (χ4n) is 3.54. The van der Waals surface area contributed by atoms with Crippen LogP contribution in [-0.2, 0) is 10.0 Å². The van der Waals surface area contributed by atoms with E-state index in [0.717, 1.165) is 11.4 Å². The molecule has 0 aliphatic heterocycles. The molecule has 0 saturated heterocycles. The van der Waals surface area contributed by atoms with Gasteiger partial charge < -0.3 is 4.74 Å². The molecule has 2 heterocycles. The van der Waals surface area contributed by atoms with Gasteiger partial charge in [-0.2, -0.15) is 5.10 Å². The summed E-state index contributed by atoms with van der Waals surface area (Å²) in [5.41, 5.74) is 4.43. The Hall–Kier alpha value is -3.72. The van der Waals surface area contributed by atoms with E-state index < -0.39 is 10.0 Å². The second kappa shape index (κ2) is 8.08. The number of sulfonamides is 1. The van der Waals surface area contributed by atoms with Crippen LogP contribution in [0.5, 0.6) is 5.75 Å². The third-order valence-electron chi connectivity index (χ3n) is 5.06. The Morgan fingerprint density at radius 2 is 1.88 bits per heavy atom. The Morgan fingerprint density at radius 3 is 2.59 bits per heavy atom. The van der Waals surface area contributed by atoms with Crippen LogP contribution in [0, 0.1) is 13.8 Å². The van der Waals surface area contributed by atoms with Crippen molar-refractivity contribution in [3.05, 3.63) is 71.7 Å². The first-order valence-electron chi connectivity index (χ1n) is 9.84. The third-order valence-corrected chi connectivity index (χ3v) is 6.47. The normalized spacial score (nSPS) is 11.5. The van der Waals surface area contributed by atoms with Crippen molar-refractivity contribution in [1.29, 1.82) is 0 Å². The summed E-state index contributed by atoms with van der Waals surface area (Å²) >= 11 is 0. The highest BCUT2D eigenvalue weighted by atomic mass is 32.2. The van der Waals surface area contributed by atoms with Gasteiger partial charge in [0.05, 0.1) is 13.3 Å². The van der Waals surface area contributed by atoms with Gasteiger partial charge in [-0.05, 0) is 56.7 Å². The number of aromatic nitrogens is 3. The van der Waals surface area contributed by atoms with Crippen LogP contribution in [0.4, 0.5) is 5.69 Å². The fourth-order valence-corrected chi connectivity index (χ4v) is 4.79. The summed E-state index contributed by atoms with van der Waals surface area (Å²) in [6.07, 6.45) is 1.66. The quantitative estimate of drug-likeness (QED) is 0.445. The molecule has 0 unspecified atom stereocenters. The summed E-state index contributed by atoms with van der Waals surface area (Å²) < 4.78 is 36.1. The summed E-state index contributed by atoms with van der Waals surface area (Å²) in [6.45, 7) is 5.25. The zero-order chi connectivity index (χ0) is 23.0. The molecule has 2 aromatic carbocycles. The van der Waals surface area contributed by atoms with Crippen LogP contribution in [0.3, 0.4) is 0 Å². The molecule has 0 bridgehead atoms. The summed E-state index contributed by atoms with van der Waals surface area (Å²) in [4.78, 5) is 16.2. The van der Waals surface area contributed by atoms with Crippen LogP contribution in [0.2, 0.25) is 0 Å². The molecular weight excluding hydrogens is 428 g/mol. The van der Waals surface area contributed by atoms with Gasteiger partial charge in [0.1, 0.15) is 10.6 Å². The van der Waals surface area contributed by atoms with Gasteiger partial charge in [0.2, 0.25) is 0 Å². The summed E-state index contributed by atoms with van der Waals surface area (Å²) in [5, 5.41) is 4.39. The molecule has 4 aromatic rings. The number of fused-ring (bicyclic) bond motifs is 1. The van der Waals surface area contributed by atoms with Gasteiger partial charge in [0.15, 0.2) is 11.4 Å². The van der Waals surface area contributed by atoms with E-state index in [1.54, 1.807) is 41.0 Å². The maximum Gasteiger partial charge on any atom is 0.265 e. The summed E-state index contributed by atoms with van der Waals surface area (Å²) in [6, 6.07) is 13.2. The van der Waals surface area contributed by atoms with Gasteiger partial charge in [0, 0.05) is 28.2 Å². The molecule has 164 valence electrons. The molecule has 0 atom stereocenters. The minimum Gasteiger partial charge on any atom is -0.495 e. The van der Waals surface area contributed by atoms with Gasteiger partial charge in [-0.1, -0.05) is 18.2 Å². The molecule has 1 N–H and O–H groups in total. The molecule has 0 aliphatic carbocycles. The Bertz CT molecular complexity index is 1460. The van der Waals surface area contributed by atoms with Crippen LogP contribution in [0.25, 0.3) is 16.8 Å². The van der Waals surface area contributed by atoms with E-state index in [-0.39, 0.29) is 22.1 Å². The molecule has 0 saturated carbocycles. The van der Waals surface area contributed by atoms with E-state index in [9.17, 15) is 13.2 Å². The molecule has 0 aliphatic rings. The number of nitrogens with one attached hydrogen (secondary N) is 1. The van der Waals surface area contributed by atoms with Crippen molar-refractivity contribution in [3.63, 3.8) is 0 Å². The highest BCUT2D eigenvalue weighted by molar-refractivity contribution is 7.92. The number of hydrogen-bond donors (Lipinski definition) is 1. The molecule has 9 heteroatoms. The fraction of sp³-hybridized carbons (Fsp3) is 0.174. The van der Waals surface area contributed by atoms with Crippen molar-refractivity contribution >= 4 is 27.1 Å². The average Bonchev–Trinajstić information content (AvgIpc) is 3.17. The molecule has 32 heavy (non-hydrogen) atoms. The second-order valence-electron chi connectivity index (χ2n) is 7.44. The van der Waals surface area contributed by atoms with E-state index in [2.05, 4.69) is 14.8 Å². The van der Waals surface area contributed by atoms with Gasteiger partial charge in [0.25, 0.3) is 10.0 Å². The van der Waals surface area contributed by atoms with Crippen molar-refractivity contribution in [2.75, 3.05) is 11.8 Å². The molecule has 0 fully saturated rings. The Labute approximate surface area is 185 Å². The Kier molecular flexibility index (Phi) is 5.43. The lowest BCUT2D eigenvalue weighted by molar-refractivity contribution is 0.101. The number of methoxy groups -OCH3 is 1. The van der Waals surface area contributed by atoms with Gasteiger partial charge in [-0.15, -0.1) is 0 Å². The number of carbonyl (C=O) groups is 1. The van der Waals surface area contributed by atoms with Gasteiger partial charge >= 0.3 is 0 Å². The number of ketones is 1. The maximum absolute atomic E-state index is 13.2. The first-order valence-corrected chi connectivity index (χ1v) is 11.3. The Morgan fingerprint density at radius 1 is 1.09 bits per heavy atom. The van der Waals surface area contributed by atoms with Crippen molar-refractivity contribution < 1.29 is 17.9 Å². The first-order chi connectivity index (χ1) is 15.2. The van der Waals surface area contributed by atoms with E-state index in [1.807, 2.05) is 19.9 Å². The average molecular weight is 451 g/mol. The number of Topliss-reactive ketones (excluding diaryl/α,β-unsaturated/α-hetero) is 1. The Balaban J connectivity index is 1.81. The molecule has 0 radical (unpaired) electrons. The number of anilines is 1. The topological polar surface area (TPSA) is 103 Å². The number of ether oxygens (including phenoxy) is 1. The monoisotopic (exact) mass is 450 g/mol. The van der Waals surface area contributed by atoms with E-state index in [0.29, 0.717) is 22.3 Å². The standard InChI is InChI=1S/C23H22N4O4S/c1-14-10-15(2)27-23(25-14)20(13-24-27)18-8-9-21(31-4)22(12-18)32(29,30)26-19-7-5-6-17(11-19)16(3)28/h5-13,26H,1-4H3. The van der Waals surface area contributed by atoms with Crippen LogP contribution in [0.1, 0.15) is 28.7 Å². The SMILES string of the molecule is COc1ccc(-c2cnn3c(C)cc(C)nc23)cc1S(=O)(=O)Nc1cccc(C(C)=O)c1. The minimum atomic E-state index is -4.02. The number of hydrogen-bond acceptors (Lipinski definition) is 6. The van der Waals surface area contributed by atoms with E-state index >= 15 is 0 Å². The molecule has 0 spiro atoms. The van der Waals surface area contributed by atoms with Crippen molar-refractivity contribution in [2.45, 2.75) is 25.7 Å². The lowest BCUT2D eigenvalue weighted by Gasteiger charge is -2.13. The smallest absolute Gasteiger partial charge is 0.265 e. The van der Waals surface area contributed by atoms with Gasteiger partial charge in [-0.25, -0.2) is 17.9 Å². The van der Waals surface area contributed by atoms with E-state index in [1.165, 1.54) is 26.2 Å². The first kappa shape index (κ1) is 21.5. The summed E-state index contributed by atoms with van der Waals surface area (Å²) in [5.74, 6) is 0.0394. The predicted octanol–water partition coefficient (Wildman–Crippen LogP) is 4.03. The summed E-state index contributed by atoms with van der Waals surface area (Å²) in [7, 11) is -2.60. The lowest BCUT2D eigenvalue weighted by atomic mass is 10.1. The number of carbonyl (C=O) groups excluding carboxylic acids is 1. The van der Waals surface area contributed by atoms with Crippen LogP contribution < -0.4 is 9.46 Å². The van der Waals surface area contributed by atoms with Crippen LogP contribution >= 0.6 is 0 Å².